The van der Waals surface area contributed by atoms with Crippen molar-refractivity contribution in [1.29, 1.82) is 0 Å². The fourth-order valence-corrected chi connectivity index (χ4v) is 1.87. The molecule has 21 heavy (non-hydrogen) atoms. The summed E-state index contributed by atoms with van der Waals surface area (Å²) in [6.45, 7) is 0.428. The summed E-state index contributed by atoms with van der Waals surface area (Å²) in [4.78, 5) is 15.5. The van der Waals surface area contributed by atoms with Gasteiger partial charge in [-0.15, -0.1) is 0 Å². The van der Waals surface area contributed by atoms with E-state index in [9.17, 15) is 4.79 Å². The highest BCUT2D eigenvalue weighted by Gasteiger charge is 2.13. The molecule has 2 rings (SSSR count). The molecule has 0 saturated carbocycles. The van der Waals surface area contributed by atoms with E-state index in [0.717, 1.165) is 5.69 Å². The predicted molar refractivity (Wildman–Crippen MR) is 81.2 cm³/mol. The molecule has 7 N–H and O–H groups in total. The Balaban J connectivity index is 2.23. The van der Waals surface area contributed by atoms with Crippen LogP contribution in [0.25, 0.3) is 0 Å². The van der Waals surface area contributed by atoms with Gasteiger partial charge in [0, 0.05) is 11.8 Å². The SMILES string of the molecule is N/N=C(/NCc1ccccn1)c1cccc(C(N)=O)c1N. The number of primary amides is 1. The summed E-state index contributed by atoms with van der Waals surface area (Å²) in [5, 5.41) is 6.72. The first-order chi connectivity index (χ1) is 10.1. The Morgan fingerprint density at radius 2 is 1.95 bits per heavy atom. The number of rotatable bonds is 4. The predicted octanol–water partition coefficient (Wildman–Crippen LogP) is 0.173. The summed E-state index contributed by atoms with van der Waals surface area (Å²) < 4.78 is 0. The molecule has 0 bridgehead atoms. The van der Waals surface area contributed by atoms with E-state index in [1.165, 1.54) is 0 Å². The molecule has 0 aliphatic rings. The van der Waals surface area contributed by atoms with Crippen molar-refractivity contribution in [3.05, 3.63) is 59.4 Å². The van der Waals surface area contributed by atoms with Crippen LogP contribution in [0.1, 0.15) is 21.6 Å². The fraction of sp³-hybridized carbons (Fsp3) is 0.0714. The van der Waals surface area contributed by atoms with Crippen LogP contribution in [0.15, 0.2) is 47.7 Å². The van der Waals surface area contributed by atoms with Gasteiger partial charge in [0.2, 0.25) is 0 Å². The largest absolute Gasteiger partial charge is 0.397 e. The molecule has 108 valence electrons. The lowest BCUT2D eigenvalue weighted by Crippen LogP contribution is -2.27. The average Bonchev–Trinajstić information content (AvgIpc) is 2.50. The normalized spacial score (nSPS) is 11.1. The van der Waals surface area contributed by atoms with E-state index in [1.54, 1.807) is 24.4 Å². The number of amides is 1. The van der Waals surface area contributed by atoms with Gasteiger partial charge < -0.3 is 22.6 Å². The topological polar surface area (TPSA) is 132 Å². The molecule has 7 nitrogen and oxygen atoms in total. The van der Waals surface area contributed by atoms with Crippen molar-refractivity contribution in [2.45, 2.75) is 6.54 Å². The third-order valence-corrected chi connectivity index (χ3v) is 2.92. The summed E-state index contributed by atoms with van der Waals surface area (Å²) in [6.07, 6.45) is 1.69. The summed E-state index contributed by atoms with van der Waals surface area (Å²) >= 11 is 0. The van der Waals surface area contributed by atoms with Gasteiger partial charge in [-0.2, -0.15) is 5.10 Å². The van der Waals surface area contributed by atoms with Crippen LogP contribution in [0.4, 0.5) is 5.69 Å². The van der Waals surface area contributed by atoms with Crippen molar-refractivity contribution in [2.75, 3.05) is 5.73 Å². The van der Waals surface area contributed by atoms with Gasteiger partial charge in [-0.05, 0) is 24.3 Å². The number of nitrogen functional groups attached to an aromatic ring is 1. The molecule has 1 amide bonds. The Kier molecular flexibility index (Phi) is 4.35. The second kappa shape index (κ2) is 6.38. The van der Waals surface area contributed by atoms with Crippen LogP contribution in [0.5, 0.6) is 0 Å². The zero-order valence-corrected chi connectivity index (χ0v) is 11.3. The Hall–Kier alpha value is -3.09. The van der Waals surface area contributed by atoms with Crippen molar-refractivity contribution < 1.29 is 4.79 Å². The molecule has 1 heterocycles. The maximum absolute atomic E-state index is 11.3. The van der Waals surface area contributed by atoms with E-state index in [1.807, 2.05) is 18.2 Å². The van der Waals surface area contributed by atoms with Gasteiger partial charge >= 0.3 is 0 Å². The zero-order chi connectivity index (χ0) is 15.2. The van der Waals surface area contributed by atoms with E-state index in [0.29, 0.717) is 17.9 Å². The quantitative estimate of drug-likeness (QED) is 0.209. The summed E-state index contributed by atoms with van der Waals surface area (Å²) in [7, 11) is 0. The van der Waals surface area contributed by atoms with Crippen molar-refractivity contribution in [3.63, 3.8) is 0 Å². The minimum Gasteiger partial charge on any atom is -0.397 e. The van der Waals surface area contributed by atoms with Crippen LogP contribution in [-0.4, -0.2) is 16.7 Å². The van der Waals surface area contributed by atoms with Crippen LogP contribution in [0.3, 0.4) is 0 Å². The molecule has 0 unspecified atom stereocenters. The molecule has 0 aliphatic heterocycles. The number of anilines is 1. The van der Waals surface area contributed by atoms with Gasteiger partial charge in [0.25, 0.3) is 5.91 Å². The minimum absolute atomic E-state index is 0.230. The Morgan fingerprint density at radius 3 is 2.57 bits per heavy atom. The number of nitrogens with one attached hydrogen (secondary N) is 1. The number of carbonyl (C=O) groups is 1. The highest BCUT2D eigenvalue weighted by Crippen LogP contribution is 2.17. The number of hydrazone groups is 1. The van der Waals surface area contributed by atoms with Gasteiger partial charge in [0.05, 0.1) is 23.5 Å². The number of carbonyl (C=O) groups excluding carboxylic acids is 1. The van der Waals surface area contributed by atoms with E-state index in [2.05, 4.69) is 15.4 Å². The Morgan fingerprint density at radius 1 is 1.19 bits per heavy atom. The lowest BCUT2D eigenvalue weighted by Gasteiger charge is -2.12. The average molecular weight is 284 g/mol. The van der Waals surface area contributed by atoms with Crippen molar-refractivity contribution in [1.82, 2.24) is 10.3 Å². The number of para-hydroxylation sites is 1. The molecule has 0 atom stereocenters. The molecule has 0 fully saturated rings. The number of benzene rings is 1. The Labute approximate surface area is 121 Å². The summed E-state index contributed by atoms with van der Waals surface area (Å²) in [5.74, 6) is 5.16. The molecule has 0 aliphatic carbocycles. The van der Waals surface area contributed by atoms with Crippen LogP contribution in [0, 0.1) is 0 Å². The first-order valence-electron chi connectivity index (χ1n) is 6.23. The first-order valence-corrected chi connectivity index (χ1v) is 6.23. The van der Waals surface area contributed by atoms with Crippen LogP contribution in [0.2, 0.25) is 0 Å². The molecular formula is C14H16N6O. The third-order valence-electron chi connectivity index (χ3n) is 2.92. The molecule has 7 heteroatoms. The lowest BCUT2D eigenvalue weighted by molar-refractivity contribution is 0.100. The number of hydrogen-bond acceptors (Lipinski definition) is 5. The monoisotopic (exact) mass is 284 g/mol. The van der Waals surface area contributed by atoms with E-state index in [4.69, 9.17) is 17.3 Å². The first kappa shape index (κ1) is 14.3. The molecule has 1 aromatic heterocycles. The number of pyridine rings is 1. The number of nitrogens with two attached hydrogens (primary N) is 3. The zero-order valence-electron chi connectivity index (χ0n) is 11.3. The second-order valence-corrected chi connectivity index (χ2v) is 4.28. The van der Waals surface area contributed by atoms with Crippen molar-refractivity contribution >= 4 is 17.4 Å². The minimum atomic E-state index is -0.601. The highest BCUT2D eigenvalue weighted by molar-refractivity contribution is 6.08. The van der Waals surface area contributed by atoms with Crippen LogP contribution >= 0.6 is 0 Å². The van der Waals surface area contributed by atoms with E-state index < -0.39 is 5.91 Å². The Bertz CT molecular complexity index is 668. The fourth-order valence-electron chi connectivity index (χ4n) is 1.87. The standard InChI is InChI=1S/C14H16N6O/c15-12-10(13(16)21)5-3-6-11(12)14(20-17)19-8-9-4-1-2-7-18-9/h1-7H,8,15,17H2,(H2,16,21)(H,19,20). The molecule has 1 aromatic carbocycles. The maximum atomic E-state index is 11.3. The van der Waals surface area contributed by atoms with E-state index >= 15 is 0 Å². The van der Waals surface area contributed by atoms with Gasteiger partial charge in [-0.1, -0.05) is 12.1 Å². The number of aromatic nitrogens is 1. The van der Waals surface area contributed by atoms with E-state index in [-0.39, 0.29) is 11.3 Å². The highest BCUT2D eigenvalue weighted by atomic mass is 16.1. The second-order valence-electron chi connectivity index (χ2n) is 4.28. The number of hydrogen-bond donors (Lipinski definition) is 4. The molecular weight excluding hydrogens is 268 g/mol. The molecule has 0 saturated heterocycles. The van der Waals surface area contributed by atoms with Crippen molar-refractivity contribution in [3.8, 4) is 0 Å². The molecule has 2 aromatic rings. The van der Waals surface area contributed by atoms with Gasteiger partial charge in [-0.3, -0.25) is 9.78 Å². The number of amidine groups is 1. The number of nitrogens with zero attached hydrogens (tertiary/aromatic N) is 2. The summed E-state index contributed by atoms with van der Waals surface area (Å²) in [6, 6.07) is 10.5. The van der Waals surface area contributed by atoms with Crippen molar-refractivity contribution in [2.24, 2.45) is 16.7 Å². The van der Waals surface area contributed by atoms with Gasteiger partial charge in [0.1, 0.15) is 0 Å². The lowest BCUT2D eigenvalue weighted by atomic mass is 10.1. The molecule has 0 radical (unpaired) electrons. The van der Waals surface area contributed by atoms with Gasteiger partial charge in [0.15, 0.2) is 5.84 Å². The third kappa shape index (κ3) is 3.27. The van der Waals surface area contributed by atoms with Crippen LogP contribution < -0.4 is 22.6 Å². The smallest absolute Gasteiger partial charge is 0.250 e. The molecule has 0 spiro atoms. The van der Waals surface area contributed by atoms with Gasteiger partial charge in [-0.25, -0.2) is 0 Å². The maximum Gasteiger partial charge on any atom is 0.250 e. The van der Waals surface area contributed by atoms with Crippen LogP contribution in [-0.2, 0) is 6.54 Å². The summed E-state index contributed by atoms with van der Waals surface area (Å²) in [5.41, 5.74) is 13.0.